The Morgan fingerprint density at radius 1 is 1.35 bits per heavy atom. The molecule has 1 unspecified atom stereocenters. The molecule has 90 valence electrons. The molecule has 0 radical (unpaired) electrons. The van der Waals surface area contributed by atoms with Crippen LogP contribution in [-0.4, -0.2) is 17.3 Å². The lowest BCUT2D eigenvalue weighted by Gasteiger charge is -2.07. The Labute approximate surface area is 101 Å². The maximum atomic E-state index is 5.87. The molecule has 0 saturated heterocycles. The van der Waals surface area contributed by atoms with Crippen molar-refractivity contribution in [1.29, 1.82) is 0 Å². The van der Waals surface area contributed by atoms with E-state index in [0.29, 0.717) is 0 Å². The molecule has 4 nitrogen and oxygen atoms in total. The van der Waals surface area contributed by atoms with Crippen LogP contribution < -0.4 is 10.5 Å². The predicted molar refractivity (Wildman–Crippen MR) is 67.9 cm³/mol. The number of aromatic nitrogens is 2. The number of nitrogens with zero attached hydrogens (tertiary/aromatic N) is 1. The normalized spacial score (nSPS) is 12.5. The number of nitrogens with one attached hydrogen (secondary N) is 1. The highest BCUT2D eigenvalue weighted by Crippen LogP contribution is 2.32. The van der Waals surface area contributed by atoms with E-state index in [1.165, 1.54) is 0 Å². The number of hydrogen-bond acceptors (Lipinski definition) is 3. The van der Waals surface area contributed by atoms with Gasteiger partial charge in [-0.25, -0.2) is 0 Å². The summed E-state index contributed by atoms with van der Waals surface area (Å²) in [5.74, 6) is 0.818. The first-order valence-electron chi connectivity index (χ1n) is 5.59. The quantitative estimate of drug-likeness (QED) is 0.852. The van der Waals surface area contributed by atoms with Gasteiger partial charge in [0.15, 0.2) is 0 Å². The molecule has 0 aliphatic heterocycles. The van der Waals surface area contributed by atoms with Crippen LogP contribution in [0.2, 0.25) is 0 Å². The summed E-state index contributed by atoms with van der Waals surface area (Å²) in [4.78, 5) is 0. The smallest absolute Gasteiger partial charge is 0.128 e. The van der Waals surface area contributed by atoms with Crippen LogP contribution in [0, 0.1) is 6.92 Å². The van der Waals surface area contributed by atoms with E-state index in [9.17, 15) is 0 Å². The number of nitrogens with two attached hydrogens (primary N) is 1. The lowest BCUT2D eigenvalue weighted by atomic mass is 10.0. The van der Waals surface area contributed by atoms with Crippen molar-refractivity contribution in [3.05, 3.63) is 35.5 Å². The topological polar surface area (TPSA) is 63.9 Å². The largest absolute Gasteiger partial charge is 0.496 e. The van der Waals surface area contributed by atoms with Crippen LogP contribution in [0.5, 0.6) is 5.75 Å². The van der Waals surface area contributed by atoms with Gasteiger partial charge < -0.3 is 10.5 Å². The fourth-order valence-corrected chi connectivity index (χ4v) is 1.96. The molecule has 0 aliphatic carbocycles. The van der Waals surface area contributed by atoms with Gasteiger partial charge in [0, 0.05) is 11.6 Å². The lowest BCUT2D eigenvalue weighted by molar-refractivity contribution is 0.416. The third-order valence-electron chi connectivity index (χ3n) is 2.86. The zero-order valence-electron chi connectivity index (χ0n) is 10.3. The SMILES string of the molecule is COc1ccccc1-c1n[nH]c(C(C)N)c1C. The zero-order chi connectivity index (χ0) is 12.4. The molecular formula is C13H17N3O. The van der Waals surface area contributed by atoms with Crippen LogP contribution in [0.4, 0.5) is 0 Å². The van der Waals surface area contributed by atoms with Crippen molar-refractivity contribution in [3.8, 4) is 17.0 Å². The maximum absolute atomic E-state index is 5.87. The van der Waals surface area contributed by atoms with Gasteiger partial charge in [0.25, 0.3) is 0 Å². The summed E-state index contributed by atoms with van der Waals surface area (Å²) in [6, 6.07) is 7.78. The van der Waals surface area contributed by atoms with Crippen molar-refractivity contribution in [3.63, 3.8) is 0 Å². The Hall–Kier alpha value is -1.81. The molecular weight excluding hydrogens is 214 g/mol. The molecule has 0 spiro atoms. The van der Waals surface area contributed by atoms with Gasteiger partial charge in [-0.3, -0.25) is 5.10 Å². The molecule has 0 aliphatic rings. The van der Waals surface area contributed by atoms with E-state index < -0.39 is 0 Å². The minimum absolute atomic E-state index is 0.0500. The number of hydrogen-bond donors (Lipinski definition) is 2. The summed E-state index contributed by atoms with van der Waals surface area (Å²) in [6.45, 7) is 3.95. The van der Waals surface area contributed by atoms with Gasteiger partial charge in [0.2, 0.25) is 0 Å². The summed E-state index contributed by atoms with van der Waals surface area (Å²) >= 11 is 0. The molecule has 3 N–H and O–H groups in total. The molecule has 0 amide bonds. The van der Waals surface area contributed by atoms with Crippen molar-refractivity contribution < 1.29 is 4.74 Å². The van der Waals surface area contributed by atoms with Crippen LogP contribution in [0.1, 0.15) is 24.2 Å². The van der Waals surface area contributed by atoms with Gasteiger partial charge in [-0.15, -0.1) is 0 Å². The maximum Gasteiger partial charge on any atom is 0.128 e. The first kappa shape index (κ1) is 11.7. The molecule has 0 saturated carbocycles. The molecule has 1 aromatic heterocycles. The Bertz CT molecular complexity index is 517. The number of benzene rings is 1. The third-order valence-corrected chi connectivity index (χ3v) is 2.86. The molecule has 2 aromatic rings. The van der Waals surface area contributed by atoms with Crippen LogP contribution in [0.25, 0.3) is 11.3 Å². The molecule has 1 atom stereocenters. The number of H-pyrrole nitrogens is 1. The molecule has 0 fully saturated rings. The second-order valence-electron chi connectivity index (χ2n) is 4.10. The molecule has 17 heavy (non-hydrogen) atoms. The van der Waals surface area contributed by atoms with E-state index in [1.807, 2.05) is 38.1 Å². The van der Waals surface area contributed by atoms with E-state index in [-0.39, 0.29) is 6.04 Å². The van der Waals surface area contributed by atoms with Crippen molar-refractivity contribution in [2.24, 2.45) is 5.73 Å². The summed E-state index contributed by atoms with van der Waals surface area (Å²) in [5.41, 5.74) is 9.79. The van der Waals surface area contributed by atoms with E-state index in [2.05, 4.69) is 10.2 Å². The minimum Gasteiger partial charge on any atom is -0.496 e. The Kier molecular flexibility index (Phi) is 3.15. The highest BCUT2D eigenvalue weighted by Gasteiger charge is 2.15. The molecule has 1 aromatic carbocycles. The van der Waals surface area contributed by atoms with Gasteiger partial charge in [0.1, 0.15) is 5.75 Å². The van der Waals surface area contributed by atoms with E-state index in [0.717, 1.165) is 28.3 Å². The van der Waals surface area contributed by atoms with E-state index in [1.54, 1.807) is 7.11 Å². The number of methoxy groups -OCH3 is 1. The highest BCUT2D eigenvalue weighted by atomic mass is 16.5. The second-order valence-corrected chi connectivity index (χ2v) is 4.10. The van der Waals surface area contributed by atoms with Crippen LogP contribution in [0.15, 0.2) is 24.3 Å². The number of para-hydroxylation sites is 1. The average Bonchev–Trinajstić information content (AvgIpc) is 2.71. The average molecular weight is 231 g/mol. The molecule has 0 bridgehead atoms. The van der Waals surface area contributed by atoms with Gasteiger partial charge in [-0.2, -0.15) is 5.10 Å². The number of rotatable bonds is 3. The van der Waals surface area contributed by atoms with E-state index >= 15 is 0 Å². The summed E-state index contributed by atoms with van der Waals surface area (Å²) in [5, 5.41) is 7.32. The fourth-order valence-electron chi connectivity index (χ4n) is 1.96. The second kappa shape index (κ2) is 4.59. The first-order chi connectivity index (χ1) is 8.15. The summed E-state index contributed by atoms with van der Waals surface area (Å²) in [7, 11) is 1.66. The monoisotopic (exact) mass is 231 g/mol. The van der Waals surface area contributed by atoms with Gasteiger partial charge in [-0.1, -0.05) is 12.1 Å². The van der Waals surface area contributed by atoms with Crippen molar-refractivity contribution in [2.75, 3.05) is 7.11 Å². The Morgan fingerprint density at radius 2 is 2.06 bits per heavy atom. The van der Waals surface area contributed by atoms with Crippen molar-refractivity contribution in [2.45, 2.75) is 19.9 Å². The van der Waals surface area contributed by atoms with Crippen LogP contribution >= 0.6 is 0 Å². The number of ether oxygens (including phenoxy) is 1. The molecule has 1 heterocycles. The summed E-state index contributed by atoms with van der Waals surface area (Å²) < 4.78 is 5.34. The molecule has 4 heteroatoms. The van der Waals surface area contributed by atoms with Gasteiger partial charge >= 0.3 is 0 Å². The minimum atomic E-state index is -0.0500. The fraction of sp³-hybridized carbons (Fsp3) is 0.308. The molecule has 2 rings (SSSR count). The standard InChI is InChI=1S/C13H17N3O/c1-8-12(9(2)14)15-16-13(8)10-6-4-5-7-11(10)17-3/h4-7,9H,14H2,1-3H3,(H,15,16). The van der Waals surface area contributed by atoms with Crippen molar-refractivity contribution in [1.82, 2.24) is 10.2 Å². The first-order valence-corrected chi connectivity index (χ1v) is 5.59. The summed E-state index contributed by atoms with van der Waals surface area (Å²) in [6.07, 6.45) is 0. The Morgan fingerprint density at radius 3 is 2.65 bits per heavy atom. The number of aromatic amines is 1. The predicted octanol–water partition coefficient (Wildman–Crippen LogP) is 2.41. The van der Waals surface area contributed by atoms with Crippen molar-refractivity contribution >= 4 is 0 Å². The van der Waals surface area contributed by atoms with Gasteiger partial charge in [-0.05, 0) is 31.5 Å². The van der Waals surface area contributed by atoms with E-state index in [4.69, 9.17) is 10.5 Å². The Balaban J connectivity index is 2.53. The van der Waals surface area contributed by atoms with Crippen LogP contribution in [-0.2, 0) is 0 Å². The lowest BCUT2D eigenvalue weighted by Crippen LogP contribution is -2.06. The highest BCUT2D eigenvalue weighted by molar-refractivity contribution is 5.70. The van der Waals surface area contributed by atoms with Gasteiger partial charge in [0.05, 0.1) is 18.5 Å². The van der Waals surface area contributed by atoms with Crippen LogP contribution in [0.3, 0.4) is 0 Å². The zero-order valence-corrected chi connectivity index (χ0v) is 10.3. The third kappa shape index (κ3) is 2.03.